The second-order valence-electron chi connectivity index (χ2n) is 11.6. The molecule has 0 saturated heterocycles. The number of hydrogen-bond donors (Lipinski definition) is 0. The third kappa shape index (κ3) is 4.77. The molecule has 6 aromatic rings. The molecule has 0 unspecified atom stereocenters. The van der Waals surface area contributed by atoms with Crippen LogP contribution in [-0.4, -0.2) is 4.57 Å². The third-order valence-corrected chi connectivity index (χ3v) is 8.87. The molecule has 1 heteroatoms. The van der Waals surface area contributed by atoms with E-state index in [1.807, 2.05) is 0 Å². The quantitative estimate of drug-likeness (QED) is 0.201. The lowest BCUT2D eigenvalue weighted by Crippen LogP contribution is -2.02. The Morgan fingerprint density at radius 1 is 0.465 bits per heavy atom. The van der Waals surface area contributed by atoms with E-state index in [1.165, 1.54) is 72.4 Å². The number of nitrogens with zero attached hydrogens (tertiary/aromatic N) is 1. The van der Waals surface area contributed by atoms with E-state index in [9.17, 15) is 0 Å². The van der Waals surface area contributed by atoms with Gasteiger partial charge in [-0.3, -0.25) is 0 Å². The van der Waals surface area contributed by atoms with Gasteiger partial charge in [-0.15, -0.1) is 0 Å². The predicted octanol–water partition coefficient (Wildman–Crippen LogP) is 11.3. The summed E-state index contributed by atoms with van der Waals surface area (Å²) in [5.74, 6) is 0. The number of rotatable bonds is 5. The maximum absolute atomic E-state index is 2.46. The van der Waals surface area contributed by atoms with E-state index in [-0.39, 0.29) is 0 Å². The summed E-state index contributed by atoms with van der Waals surface area (Å²) in [4.78, 5) is 0. The molecular weight excluding hydrogens is 518 g/mol. The van der Waals surface area contributed by atoms with Gasteiger partial charge in [0.1, 0.15) is 0 Å². The van der Waals surface area contributed by atoms with Crippen LogP contribution in [0, 0.1) is 0 Å². The maximum Gasteiger partial charge on any atom is 0.0537 e. The van der Waals surface area contributed by atoms with E-state index >= 15 is 0 Å². The average Bonchev–Trinajstić information content (AvgIpc) is 3.43. The van der Waals surface area contributed by atoms with Crippen molar-refractivity contribution >= 4 is 22.6 Å². The molecule has 2 aliphatic carbocycles. The topological polar surface area (TPSA) is 4.93 Å². The highest BCUT2D eigenvalue weighted by Gasteiger charge is 2.18. The summed E-state index contributed by atoms with van der Waals surface area (Å²) in [6.45, 7) is 0. The van der Waals surface area contributed by atoms with E-state index in [0.29, 0.717) is 0 Å². The standard InChI is InChI=1S/C42H33N/c1-3-12-30(13-4-1)35-27-36(31-14-5-2-6-15-31)29-37(28-35)34-17-11-16-33(26-34)32-22-24-38(25-23-32)43-41-20-9-7-18-39(41)40-19-8-10-21-42(40)43/h1,3-5,7-9,11-20,22-29H,2,6,10,21H2. The highest BCUT2D eigenvalue weighted by Crippen LogP contribution is 2.36. The summed E-state index contributed by atoms with van der Waals surface area (Å²) >= 11 is 0. The summed E-state index contributed by atoms with van der Waals surface area (Å²) in [6, 6.07) is 44.6. The van der Waals surface area contributed by atoms with E-state index in [4.69, 9.17) is 0 Å². The molecule has 2 aliphatic rings. The number of fused-ring (bicyclic) bond motifs is 3. The van der Waals surface area contributed by atoms with Crippen LogP contribution in [0.1, 0.15) is 36.1 Å². The predicted molar refractivity (Wildman–Crippen MR) is 183 cm³/mol. The molecule has 0 saturated carbocycles. The zero-order chi connectivity index (χ0) is 28.6. The number of benzene rings is 5. The van der Waals surface area contributed by atoms with Gasteiger partial charge in [0.15, 0.2) is 0 Å². The lowest BCUT2D eigenvalue weighted by molar-refractivity contribution is 0.888. The minimum Gasteiger partial charge on any atom is -0.313 e. The minimum atomic E-state index is 1.07. The van der Waals surface area contributed by atoms with Crippen molar-refractivity contribution < 1.29 is 0 Å². The van der Waals surface area contributed by atoms with Crippen molar-refractivity contribution in [2.75, 3.05) is 0 Å². The van der Waals surface area contributed by atoms with Crippen LogP contribution in [0.3, 0.4) is 0 Å². The third-order valence-electron chi connectivity index (χ3n) is 8.87. The van der Waals surface area contributed by atoms with Gasteiger partial charge < -0.3 is 4.57 Å². The molecule has 0 amide bonds. The molecule has 0 fully saturated rings. The Labute approximate surface area is 253 Å². The molecule has 8 rings (SSSR count). The molecule has 0 bridgehead atoms. The number of aromatic nitrogens is 1. The summed E-state index contributed by atoms with van der Waals surface area (Å²) in [7, 11) is 0. The van der Waals surface area contributed by atoms with Crippen LogP contribution in [0.4, 0.5) is 0 Å². The van der Waals surface area contributed by atoms with E-state index in [0.717, 1.165) is 25.7 Å². The normalized spacial score (nSPS) is 14.1. The summed E-state index contributed by atoms with van der Waals surface area (Å²) in [5, 5.41) is 1.34. The van der Waals surface area contributed by atoms with Crippen LogP contribution < -0.4 is 0 Å². The van der Waals surface area contributed by atoms with Crippen LogP contribution in [0.15, 0.2) is 146 Å². The highest BCUT2D eigenvalue weighted by atomic mass is 15.0. The van der Waals surface area contributed by atoms with Gasteiger partial charge in [-0.1, -0.05) is 109 Å². The second kappa shape index (κ2) is 10.9. The number of hydrogen-bond acceptors (Lipinski definition) is 0. The van der Waals surface area contributed by atoms with Gasteiger partial charge in [-0.25, -0.2) is 0 Å². The van der Waals surface area contributed by atoms with Crippen LogP contribution >= 0.6 is 0 Å². The average molecular weight is 552 g/mol. The Balaban J connectivity index is 1.18. The lowest BCUT2D eigenvalue weighted by Gasteiger charge is -2.15. The smallest absolute Gasteiger partial charge is 0.0537 e. The van der Waals surface area contributed by atoms with Crippen LogP contribution in [-0.2, 0) is 6.42 Å². The first-order chi connectivity index (χ1) is 21.3. The first kappa shape index (κ1) is 25.6. The van der Waals surface area contributed by atoms with Crippen molar-refractivity contribution in [1.82, 2.24) is 4.57 Å². The fraction of sp³-hybridized carbons (Fsp3) is 0.0952. The molecule has 206 valence electrons. The zero-order valence-electron chi connectivity index (χ0n) is 24.2. The molecule has 1 heterocycles. The van der Waals surface area contributed by atoms with Crippen LogP contribution in [0.2, 0.25) is 0 Å². The van der Waals surface area contributed by atoms with Crippen LogP contribution in [0.5, 0.6) is 0 Å². The van der Waals surface area contributed by atoms with Gasteiger partial charge in [0.2, 0.25) is 0 Å². The summed E-state index contributed by atoms with van der Waals surface area (Å²) in [5.41, 5.74) is 15.3. The van der Waals surface area contributed by atoms with Crippen molar-refractivity contribution in [1.29, 1.82) is 0 Å². The van der Waals surface area contributed by atoms with Crippen LogP contribution in [0.25, 0.3) is 61.6 Å². The van der Waals surface area contributed by atoms with Crippen molar-refractivity contribution in [3.05, 3.63) is 162 Å². The largest absolute Gasteiger partial charge is 0.313 e. The monoisotopic (exact) mass is 551 g/mol. The van der Waals surface area contributed by atoms with Crippen molar-refractivity contribution in [3.63, 3.8) is 0 Å². The van der Waals surface area contributed by atoms with Crippen molar-refractivity contribution in [2.24, 2.45) is 0 Å². The van der Waals surface area contributed by atoms with Gasteiger partial charge >= 0.3 is 0 Å². The number of allylic oxidation sites excluding steroid dienone is 5. The van der Waals surface area contributed by atoms with E-state index < -0.39 is 0 Å². The SMILES string of the molecule is C1=CC(c2cc(-c3ccccc3)cc(-c3cccc(-c4ccc(-n5c6c(c7ccccc75)C=CCC6)cc4)c3)c2)=CCC1. The minimum absolute atomic E-state index is 1.07. The Morgan fingerprint density at radius 3 is 1.93 bits per heavy atom. The highest BCUT2D eigenvalue weighted by molar-refractivity contribution is 5.93. The van der Waals surface area contributed by atoms with Gasteiger partial charge in [0.25, 0.3) is 0 Å². The molecule has 1 nitrogen and oxygen atoms in total. The fourth-order valence-electron chi connectivity index (χ4n) is 6.73. The van der Waals surface area contributed by atoms with E-state index in [1.54, 1.807) is 0 Å². The molecule has 0 aliphatic heterocycles. The Bertz CT molecular complexity index is 2050. The molecule has 0 atom stereocenters. The van der Waals surface area contributed by atoms with Gasteiger partial charge in [0.05, 0.1) is 5.52 Å². The maximum atomic E-state index is 2.46. The van der Waals surface area contributed by atoms with Crippen molar-refractivity contribution in [3.8, 4) is 39.1 Å². The molecular formula is C42H33N. The first-order valence-electron chi connectivity index (χ1n) is 15.4. The summed E-state index contributed by atoms with van der Waals surface area (Å²) < 4.78 is 2.46. The van der Waals surface area contributed by atoms with Gasteiger partial charge in [-0.05, 0) is 113 Å². The number of para-hydroxylation sites is 1. The molecule has 0 spiro atoms. The Hall–Kier alpha value is -5.14. The van der Waals surface area contributed by atoms with Gasteiger partial charge in [-0.2, -0.15) is 0 Å². The Kier molecular flexibility index (Phi) is 6.50. The lowest BCUT2D eigenvalue weighted by atomic mass is 9.90. The second-order valence-corrected chi connectivity index (χ2v) is 11.6. The molecule has 0 N–H and O–H groups in total. The first-order valence-corrected chi connectivity index (χ1v) is 15.4. The molecule has 43 heavy (non-hydrogen) atoms. The zero-order valence-corrected chi connectivity index (χ0v) is 24.2. The molecule has 1 aromatic heterocycles. The summed E-state index contributed by atoms with van der Waals surface area (Å²) in [6.07, 6.45) is 15.9. The van der Waals surface area contributed by atoms with E-state index in [2.05, 4.69) is 156 Å². The molecule has 5 aromatic carbocycles. The fourth-order valence-corrected chi connectivity index (χ4v) is 6.73. The molecule has 0 radical (unpaired) electrons. The van der Waals surface area contributed by atoms with Crippen molar-refractivity contribution in [2.45, 2.75) is 25.7 Å². The Morgan fingerprint density at radius 2 is 1.12 bits per heavy atom. The van der Waals surface area contributed by atoms with Gasteiger partial charge in [0, 0.05) is 22.3 Å².